The van der Waals surface area contributed by atoms with Crippen molar-refractivity contribution in [2.24, 2.45) is 7.05 Å². The number of aromatic nitrogens is 2. The van der Waals surface area contributed by atoms with Gasteiger partial charge >= 0.3 is 0 Å². The topological polar surface area (TPSA) is 99.7 Å². The zero-order valence-corrected chi connectivity index (χ0v) is 11.6. The summed E-state index contributed by atoms with van der Waals surface area (Å²) in [5.41, 5.74) is 0.772. The number of nitrogens with zero attached hydrogens (tertiary/aromatic N) is 3. The zero-order chi connectivity index (χ0) is 15.4. The highest BCUT2D eigenvalue weighted by Gasteiger charge is 2.19. The number of nitro benzene ring substituents is 1. The van der Waals surface area contributed by atoms with E-state index in [1.54, 1.807) is 17.1 Å². The van der Waals surface area contributed by atoms with Crippen LogP contribution in [0.25, 0.3) is 0 Å². The van der Waals surface area contributed by atoms with Crippen molar-refractivity contribution in [1.82, 2.24) is 9.55 Å². The Morgan fingerprint density at radius 3 is 2.71 bits per heavy atom. The Bertz CT molecular complexity index is 653. The lowest BCUT2D eigenvalue weighted by Crippen LogP contribution is -2.04. The van der Waals surface area contributed by atoms with Gasteiger partial charge in [-0.3, -0.25) is 10.1 Å². The van der Waals surface area contributed by atoms with Gasteiger partial charge in [0.15, 0.2) is 11.5 Å². The van der Waals surface area contributed by atoms with E-state index in [2.05, 4.69) is 4.98 Å². The smallest absolute Gasteiger partial charge is 0.278 e. The molecular weight excluding hydrogens is 278 g/mol. The van der Waals surface area contributed by atoms with Crippen molar-refractivity contribution in [2.75, 3.05) is 7.11 Å². The van der Waals surface area contributed by atoms with E-state index in [-0.39, 0.29) is 23.6 Å². The van der Waals surface area contributed by atoms with Gasteiger partial charge in [-0.1, -0.05) is 0 Å². The standard InChI is InChI=1S/C13H15N3O5/c1-15-8-14-5-10(15)7-21-13-4-11(16(18)19)9(6-17)3-12(13)20-2/h3-5,8,17H,6-7H2,1-2H3. The number of hydrogen-bond donors (Lipinski definition) is 1. The number of imidazole rings is 1. The fourth-order valence-electron chi connectivity index (χ4n) is 1.84. The molecular formula is C13H15N3O5. The molecule has 0 bridgehead atoms. The lowest BCUT2D eigenvalue weighted by Gasteiger charge is -2.12. The molecule has 21 heavy (non-hydrogen) atoms. The summed E-state index contributed by atoms with van der Waals surface area (Å²) in [6.45, 7) is -0.253. The molecule has 0 fully saturated rings. The van der Waals surface area contributed by atoms with Crippen molar-refractivity contribution < 1.29 is 19.5 Å². The van der Waals surface area contributed by atoms with E-state index in [0.29, 0.717) is 5.75 Å². The molecule has 0 aliphatic heterocycles. The summed E-state index contributed by atoms with van der Waals surface area (Å²) < 4.78 is 12.5. The molecule has 0 spiro atoms. The molecule has 0 saturated carbocycles. The van der Waals surface area contributed by atoms with E-state index in [0.717, 1.165) is 5.69 Å². The number of rotatable bonds is 6. The van der Waals surface area contributed by atoms with Gasteiger partial charge in [-0.05, 0) is 6.07 Å². The minimum Gasteiger partial charge on any atom is -0.493 e. The van der Waals surface area contributed by atoms with Crippen molar-refractivity contribution in [3.8, 4) is 11.5 Å². The molecule has 1 heterocycles. The van der Waals surface area contributed by atoms with E-state index < -0.39 is 11.5 Å². The monoisotopic (exact) mass is 293 g/mol. The van der Waals surface area contributed by atoms with Gasteiger partial charge in [0.25, 0.3) is 5.69 Å². The summed E-state index contributed by atoms with van der Waals surface area (Å²) in [5.74, 6) is 0.564. The summed E-state index contributed by atoms with van der Waals surface area (Å²) in [7, 11) is 3.25. The van der Waals surface area contributed by atoms with Crippen LogP contribution in [0.1, 0.15) is 11.3 Å². The van der Waals surface area contributed by atoms with E-state index in [9.17, 15) is 15.2 Å². The highest BCUT2D eigenvalue weighted by molar-refractivity contribution is 5.54. The van der Waals surface area contributed by atoms with Crippen molar-refractivity contribution in [2.45, 2.75) is 13.2 Å². The molecule has 8 nitrogen and oxygen atoms in total. The fourth-order valence-corrected chi connectivity index (χ4v) is 1.84. The summed E-state index contributed by atoms with van der Waals surface area (Å²) >= 11 is 0. The van der Waals surface area contributed by atoms with Crippen LogP contribution in [0.3, 0.4) is 0 Å². The predicted octanol–water partition coefficient (Wildman–Crippen LogP) is 1.41. The third-order valence-electron chi connectivity index (χ3n) is 3.02. The molecule has 0 atom stereocenters. The Morgan fingerprint density at radius 1 is 1.43 bits per heavy atom. The minimum absolute atomic E-state index is 0.171. The molecule has 0 amide bonds. The zero-order valence-electron chi connectivity index (χ0n) is 11.6. The van der Waals surface area contributed by atoms with Crippen molar-refractivity contribution in [3.63, 3.8) is 0 Å². The Morgan fingerprint density at radius 2 is 2.19 bits per heavy atom. The largest absolute Gasteiger partial charge is 0.493 e. The number of nitro groups is 1. The fraction of sp³-hybridized carbons (Fsp3) is 0.308. The second-order valence-corrected chi connectivity index (χ2v) is 4.33. The molecule has 0 aliphatic carbocycles. The lowest BCUT2D eigenvalue weighted by molar-refractivity contribution is -0.386. The molecule has 0 unspecified atom stereocenters. The van der Waals surface area contributed by atoms with Gasteiger partial charge in [-0.25, -0.2) is 4.98 Å². The van der Waals surface area contributed by atoms with Crippen molar-refractivity contribution in [3.05, 3.63) is 46.0 Å². The van der Waals surface area contributed by atoms with Crippen LogP contribution in [0, 0.1) is 10.1 Å². The third-order valence-corrected chi connectivity index (χ3v) is 3.02. The maximum atomic E-state index is 11.0. The van der Waals surface area contributed by atoms with Crippen LogP contribution < -0.4 is 9.47 Å². The van der Waals surface area contributed by atoms with Gasteiger partial charge in [-0.15, -0.1) is 0 Å². The van der Waals surface area contributed by atoms with E-state index in [4.69, 9.17) is 9.47 Å². The molecule has 0 saturated heterocycles. The number of methoxy groups -OCH3 is 1. The van der Waals surface area contributed by atoms with E-state index in [1.807, 2.05) is 7.05 Å². The molecule has 1 N–H and O–H groups in total. The van der Waals surface area contributed by atoms with Crippen LogP contribution >= 0.6 is 0 Å². The number of aliphatic hydroxyl groups is 1. The summed E-state index contributed by atoms with van der Waals surface area (Å²) in [6.07, 6.45) is 3.27. The molecule has 8 heteroatoms. The molecule has 2 aromatic rings. The molecule has 0 radical (unpaired) electrons. The van der Waals surface area contributed by atoms with Gasteiger partial charge in [0, 0.05) is 7.05 Å². The quantitative estimate of drug-likeness (QED) is 0.638. The highest BCUT2D eigenvalue weighted by Crippen LogP contribution is 2.35. The molecule has 1 aromatic carbocycles. The average Bonchev–Trinajstić information content (AvgIpc) is 2.89. The number of ether oxygens (including phenoxy) is 2. The Kier molecular flexibility index (Phi) is 4.39. The molecule has 0 aliphatic rings. The SMILES string of the molecule is COc1cc(CO)c([N+](=O)[O-])cc1OCc1cncn1C. The summed E-state index contributed by atoms with van der Waals surface area (Å²) in [5, 5.41) is 20.2. The van der Waals surface area contributed by atoms with Crippen molar-refractivity contribution in [1.29, 1.82) is 0 Å². The van der Waals surface area contributed by atoms with Crippen LogP contribution in [0.2, 0.25) is 0 Å². The van der Waals surface area contributed by atoms with Gasteiger partial charge < -0.3 is 19.1 Å². The highest BCUT2D eigenvalue weighted by atomic mass is 16.6. The number of aryl methyl sites for hydroxylation is 1. The van der Waals surface area contributed by atoms with Gasteiger partial charge in [0.1, 0.15) is 6.61 Å². The molecule has 112 valence electrons. The van der Waals surface area contributed by atoms with Crippen LogP contribution in [-0.2, 0) is 20.3 Å². The summed E-state index contributed by atoms with van der Waals surface area (Å²) in [6, 6.07) is 2.65. The second kappa shape index (κ2) is 6.23. The minimum atomic E-state index is -0.568. The maximum Gasteiger partial charge on any atom is 0.278 e. The molecule has 1 aromatic heterocycles. The number of aliphatic hydroxyl groups excluding tert-OH is 1. The van der Waals surface area contributed by atoms with E-state index in [1.165, 1.54) is 19.2 Å². The first-order chi connectivity index (χ1) is 10.1. The first-order valence-electron chi connectivity index (χ1n) is 6.11. The average molecular weight is 293 g/mol. The van der Waals surface area contributed by atoms with E-state index >= 15 is 0 Å². The number of benzene rings is 1. The first-order valence-corrected chi connectivity index (χ1v) is 6.11. The van der Waals surface area contributed by atoms with Crippen molar-refractivity contribution >= 4 is 5.69 Å². The van der Waals surface area contributed by atoms with Gasteiger partial charge in [0.2, 0.25) is 0 Å². The second-order valence-electron chi connectivity index (χ2n) is 4.33. The number of hydrogen-bond acceptors (Lipinski definition) is 6. The van der Waals surface area contributed by atoms with Gasteiger partial charge in [-0.2, -0.15) is 0 Å². The Labute approximate surface area is 120 Å². The summed E-state index contributed by atoms with van der Waals surface area (Å²) in [4.78, 5) is 14.4. The predicted molar refractivity (Wildman–Crippen MR) is 73.1 cm³/mol. The lowest BCUT2D eigenvalue weighted by atomic mass is 10.1. The maximum absolute atomic E-state index is 11.0. The van der Waals surface area contributed by atoms with Crippen LogP contribution in [-0.4, -0.2) is 26.7 Å². The molecule has 2 rings (SSSR count). The Balaban J connectivity index is 2.31. The third kappa shape index (κ3) is 3.11. The van der Waals surface area contributed by atoms with Crippen LogP contribution in [0.5, 0.6) is 11.5 Å². The van der Waals surface area contributed by atoms with Gasteiger partial charge in [0.05, 0.1) is 48.5 Å². The normalized spacial score (nSPS) is 10.4. The first kappa shape index (κ1) is 14.8. The van der Waals surface area contributed by atoms with Crippen LogP contribution in [0.15, 0.2) is 24.7 Å². The van der Waals surface area contributed by atoms with Crippen LogP contribution in [0.4, 0.5) is 5.69 Å². The Hall–Kier alpha value is -2.61.